The molecule has 3 atom stereocenters. The van der Waals surface area contributed by atoms with Crippen molar-refractivity contribution >= 4 is 40.0 Å². The van der Waals surface area contributed by atoms with Crippen LogP contribution in [0.5, 0.6) is 0 Å². The summed E-state index contributed by atoms with van der Waals surface area (Å²) in [5, 5.41) is 4.35. The summed E-state index contributed by atoms with van der Waals surface area (Å²) >= 11 is 7.59. The number of anilines is 1. The number of halogens is 1. The Balaban J connectivity index is 1.89. The van der Waals surface area contributed by atoms with Crippen molar-refractivity contribution < 1.29 is 0 Å². The number of hydrogen-bond donors (Lipinski definition) is 1. The third kappa shape index (κ3) is 2.50. The highest BCUT2D eigenvalue weighted by Gasteiger charge is 2.29. The van der Waals surface area contributed by atoms with Crippen LogP contribution in [0.25, 0.3) is 11.0 Å². The van der Waals surface area contributed by atoms with Crippen molar-refractivity contribution in [3.8, 4) is 0 Å². The standard InChI is InChI=1S/C14H19ClN4S/c1-8-7-19(3)9(2)6-12(8)16-13-10(15)4-5-11-14(13)18-20-17-11/h4-5,8-9,12,16H,6-7H2,1-3H3. The van der Waals surface area contributed by atoms with Crippen LogP contribution in [0.3, 0.4) is 0 Å². The monoisotopic (exact) mass is 310 g/mol. The molecule has 0 spiro atoms. The minimum atomic E-state index is 0.422. The van der Waals surface area contributed by atoms with Crippen LogP contribution in [-0.2, 0) is 0 Å². The predicted octanol–water partition coefficient (Wildman–Crippen LogP) is 3.49. The van der Waals surface area contributed by atoms with E-state index in [9.17, 15) is 0 Å². The van der Waals surface area contributed by atoms with Gasteiger partial charge in [-0.25, -0.2) is 0 Å². The molecule has 1 fully saturated rings. The minimum Gasteiger partial charge on any atom is -0.379 e. The number of likely N-dealkylation sites (tertiary alicyclic amines) is 1. The summed E-state index contributed by atoms with van der Waals surface area (Å²) in [6, 6.07) is 4.82. The summed E-state index contributed by atoms with van der Waals surface area (Å²) in [5.74, 6) is 0.578. The lowest BCUT2D eigenvalue weighted by atomic mass is 9.89. The second-order valence-electron chi connectivity index (χ2n) is 5.81. The molecule has 3 unspecified atom stereocenters. The van der Waals surface area contributed by atoms with Gasteiger partial charge < -0.3 is 10.2 Å². The van der Waals surface area contributed by atoms with Gasteiger partial charge in [0.05, 0.1) is 22.4 Å². The fourth-order valence-corrected chi connectivity index (χ4v) is 3.64. The molecule has 1 aliphatic rings. The first-order valence-corrected chi connectivity index (χ1v) is 8.04. The molecular weight excluding hydrogens is 292 g/mol. The number of aromatic nitrogens is 2. The zero-order valence-corrected chi connectivity index (χ0v) is 13.5. The Hall–Kier alpha value is -0.910. The third-order valence-electron chi connectivity index (χ3n) is 4.32. The van der Waals surface area contributed by atoms with Crippen LogP contribution in [0.1, 0.15) is 20.3 Å². The van der Waals surface area contributed by atoms with Crippen LogP contribution in [-0.4, -0.2) is 39.3 Å². The van der Waals surface area contributed by atoms with E-state index in [-0.39, 0.29) is 0 Å². The summed E-state index contributed by atoms with van der Waals surface area (Å²) in [4.78, 5) is 2.41. The van der Waals surface area contributed by atoms with E-state index in [0.717, 1.165) is 34.7 Å². The molecule has 0 bridgehead atoms. The van der Waals surface area contributed by atoms with Crippen LogP contribution < -0.4 is 5.32 Å². The Morgan fingerprint density at radius 1 is 1.35 bits per heavy atom. The minimum absolute atomic E-state index is 0.422. The van der Waals surface area contributed by atoms with Crippen LogP contribution >= 0.6 is 23.3 Å². The van der Waals surface area contributed by atoms with Crippen molar-refractivity contribution in [2.45, 2.75) is 32.4 Å². The first kappa shape index (κ1) is 14.0. The van der Waals surface area contributed by atoms with Gasteiger partial charge >= 0.3 is 0 Å². The molecule has 0 aliphatic carbocycles. The lowest BCUT2D eigenvalue weighted by Gasteiger charge is -2.40. The van der Waals surface area contributed by atoms with E-state index in [1.54, 1.807) is 0 Å². The van der Waals surface area contributed by atoms with Gasteiger partial charge in [0.15, 0.2) is 0 Å². The van der Waals surface area contributed by atoms with Gasteiger partial charge in [-0.05, 0) is 38.4 Å². The Morgan fingerprint density at radius 3 is 2.95 bits per heavy atom. The predicted molar refractivity (Wildman–Crippen MR) is 85.7 cm³/mol. The Labute approximate surface area is 128 Å². The molecular formula is C14H19ClN4S. The molecule has 1 aliphatic heterocycles. The number of nitrogens with zero attached hydrogens (tertiary/aromatic N) is 3. The van der Waals surface area contributed by atoms with E-state index >= 15 is 0 Å². The largest absolute Gasteiger partial charge is 0.379 e. The fraction of sp³-hybridized carbons (Fsp3) is 0.571. The molecule has 4 nitrogen and oxygen atoms in total. The second-order valence-corrected chi connectivity index (χ2v) is 6.74. The van der Waals surface area contributed by atoms with Gasteiger partial charge in [-0.1, -0.05) is 18.5 Å². The van der Waals surface area contributed by atoms with Crippen molar-refractivity contribution in [1.29, 1.82) is 0 Å². The molecule has 6 heteroatoms. The molecule has 1 aromatic carbocycles. The topological polar surface area (TPSA) is 41.0 Å². The van der Waals surface area contributed by atoms with Gasteiger partial charge in [-0.3, -0.25) is 0 Å². The molecule has 2 aromatic rings. The molecule has 1 saturated heterocycles. The first-order chi connectivity index (χ1) is 9.56. The smallest absolute Gasteiger partial charge is 0.129 e. The van der Waals surface area contributed by atoms with Crippen LogP contribution in [0, 0.1) is 5.92 Å². The summed E-state index contributed by atoms with van der Waals surface area (Å²) in [6.45, 7) is 5.66. The highest BCUT2D eigenvalue weighted by molar-refractivity contribution is 7.00. The molecule has 108 valence electrons. The molecule has 1 aromatic heterocycles. The highest BCUT2D eigenvalue weighted by Crippen LogP contribution is 2.33. The molecule has 3 rings (SSSR count). The first-order valence-electron chi connectivity index (χ1n) is 6.94. The zero-order chi connectivity index (χ0) is 14.3. The van der Waals surface area contributed by atoms with Crippen LogP contribution in [0.2, 0.25) is 5.02 Å². The van der Waals surface area contributed by atoms with Crippen LogP contribution in [0.4, 0.5) is 5.69 Å². The van der Waals surface area contributed by atoms with E-state index in [1.807, 2.05) is 12.1 Å². The van der Waals surface area contributed by atoms with Gasteiger partial charge in [0.1, 0.15) is 11.0 Å². The molecule has 0 amide bonds. The average Bonchev–Trinajstić information content (AvgIpc) is 2.87. The molecule has 0 radical (unpaired) electrons. The van der Waals surface area contributed by atoms with Gasteiger partial charge in [0.25, 0.3) is 0 Å². The van der Waals surface area contributed by atoms with Crippen molar-refractivity contribution in [2.24, 2.45) is 5.92 Å². The summed E-state index contributed by atoms with van der Waals surface area (Å²) in [7, 11) is 2.19. The molecule has 0 saturated carbocycles. The third-order valence-corrected chi connectivity index (χ3v) is 5.17. The van der Waals surface area contributed by atoms with Crippen molar-refractivity contribution in [3.63, 3.8) is 0 Å². The van der Waals surface area contributed by atoms with E-state index in [0.29, 0.717) is 18.0 Å². The SMILES string of the molecule is CC1CN(C)C(C)CC1Nc1c(Cl)ccc2nsnc12. The van der Waals surface area contributed by atoms with E-state index in [4.69, 9.17) is 11.6 Å². The zero-order valence-electron chi connectivity index (χ0n) is 11.9. The Kier molecular flexibility index (Phi) is 3.84. The summed E-state index contributed by atoms with van der Waals surface area (Å²) in [6.07, 6.45) is 1.11. The second kappa shape index (κ2) is 5.47. The quantitative estimate of drug-likeness (QED) is 0.922. The fourth-order valence-electron chi connectivity index (χ4n) is 2.89. The van der Waals surface area contributed by atoms with E-state index in [1.165, 1.54) is 11.7 Å². The highest BCUT2D eigenvalue weighted by atomic mass is 35.5. The maximum Gasteiger partial charge on any atom is 0.129 e. The molecule has 20 heavy (non-hydrogen) atoms. The Morgan fingerprint density at radius 2 is 2.15 bits per heavy atom. The van der Waals surface area contributed by atoms with E-state index in [2.05, 4.69) is 39.9 Å². The number of piperidine rings is 1. The number of nitrogens with one attached hydrogen (secondary N) is 1. The maximum absolute atomic E-state index is 6.36. The summed E-state index contributed by atoms with van der Waals surface area (Å²) < 4.78 is 8.66. The van der Waals surface area contributed by atoms with Gasteiger partial charge in [-0.15, -0.1) is 0 Å². The number of benzene rings is 1. The van der Waals surface area contributed by atoms with Gasteiger partial charge in [0, 0.05) is 18.6 Å². The van der Waals surface area contributed by atoms with Crippen molar-refractivity contribution in [1.82, 2.24) is 13.6 Å². The number of fused-ring (bicyclic) bond motifs is 1. The lowest BCUT2D eigenvalue weighted by molar-refractivity contribution is 0.146. The number of hydrogen-bond acceptors (Lipinski definition) is 5. The van der Waals surface area contributed by atoms with Gasteiger partial charge in [0.2, 0.25) is 0 Å². The maximum atomic E-state index is 6.36. The normalized spacial score (nSPS) is 27.9. The average molecular weight is 311 g/mol. The van der Waals surface area contributed by atoms with Gasteiger partial charge in [-0.2, -0.15) is 8.75 Å². The van der Waals surface area contributed by atoms with Crippen LogP contribution in [0.15, 0.2) is 12.1 Å². The molecule has 1 N–H and O–H groups in total. The Bertz CT molecular complexity index is 614. The number of rotatable bonds is 2. The van der Waals surface area contributed by atoms with Crippen molar-refractivity contribution in [2.75, 3.05) is 18.9 Å². The lowest BCUT2D eigenvalue weighted by Crippen LogP contribution is -2.48. The summed E-state index contributed by atoms with van der Waals surface area (Å²) in [5.41, 5.74) is 2.74. The van der Waals surface area contributed by atoms with E-state index < -0.39 is 0 Å². The molecule has 2 heterocycles. The van der Waals surface area contributed by atoms with Crippen molar-refractivity contribution in [3.05, 3.63) is 17.2 Å².